The average Bonchev–Trinajstić information content (AvgIpc) is 2.98. The van der Waals surface area contributed by atoms with E-state index in [-0.39, 0.29) is 0 Å². The van der Waals surface area contributed by atoms with Crippen molar-refractivity contribution in [3.05, 3.63) is 30.3 Å². The molecule has 2 atom stereocenters. The zero-order valence-electron chi connectivity index (χ0n) is 9.57. The molecule has 2 unspecified atom stereocenters. The Morgan fingerprint density at radius 3 is 2.81 bits per heavy atom. The van der Waals surface area contributed by atoms with E-state index < -0.39 is 0 Å². The van der Waals surface area contributed by atoms with Crippen molar-refractivity contribution >= 4 is 23.0 Å². The summed E-state index contributed by atoms with van der Waals surface area (Å²) in [6, 6.07) is 10.6. The largest absolute Gasteiger partial charge is 0.359 e. The second-order valence-electron chi connectivity index (χ2n) is 4.36. The van der Waals surface area contributed by atoms with Gasteiger partial charge in [0.25, 0.3) is 0 Å². The number of anilines is 1. The van der Waals surface area contributed by atoms with Crippen LogP contribution in [0.15, 0.2) is 30.3 Å². The zero-order chi connectivity index (χ0) is 11.4. The summed E-state index contributed by atoms with van der Waals surface area (Å²) in [5.74, 6) is 0.834. The van der Waals surface area contributed by atoms with Crippen LogP contribution in [0.25, 0.3) is 0 Å². The molecule has 0 amide bonds. The standard InChI is InChI=1S/C13H18N2S/c1-2-6-10-9-12(10)15-13(16)14-11-7-4-3-5-8-11/h3-5,7-8,10,12H,2,6,9H2,1H3,(H2,14,15,16). The molecule has 0 saturated heterocycles. The van der Waals surface area contributed by atoms with Gasteiger partial charge in [0.1, 0.15) is 0 Å². The quantitative estimate of drug-likeness (QED) is 0.783. The second kappa shape index (κ2) is 5.30. The minimum Gasteiger partial charge on any atom is -0.359 e. The lowest BCUT2D eigenvalue weighted by atomic mass is 10.2. The van der Waals surface area contributed by atoms with Gasteiger partial charge in [-0.05, 0) is 43.1 Å². The number of thiocarbonyl (C=S) groups is 1. The van der Waals surface area contributed by atoms with Crippen molar-refractivity contribution in [2.45, 2.75) is 32.2 Å². The van der Waals surface area contributed by atoms with Crippen molar-refractivity contribution in [1.82, 2.24) is 5.32 Å². The Labute approximate surface area is 102 Å². The molecule has 1 aliphatic rings. The van der Waals surface area contributed by atoms with Crippen molar-refractivity contribution in [2.24, 2.45) is 5.92 Å². The van der Waals surface area contributed by atoms with E-state index in [1.54, 1.807) is 0 Å². The van der Waals surface area contributed by atoms with Crippen molar-refractivity contribution in [2.75, 3.05) is 5.32 Å². The summed E-state index contributed by atoms with van der Waals surface area (Å²) in [4.78, 5) is 0. The Morgan fingerprint density at radius 1 is 1.38 bits per heavy atom. The Hall–Kier alpha value is -1.09. The van der Waals surface area contributed by atoms with E-state index in [1.807, 2.05) is 30.3 Å². The van der Waals surface area contributed by atoms with Crippen LogP contribution in [0.5, 0.6) is 0 Å². The highest BCUT2D eigenvalue weighted by atomic mass is 32.1. The first-order chi connectivity index (χ1) is 7.79. The van der Waals surface area contributed by atoms with Gasteiger partial charge in [0.2, 0.25) is 0 Å². The zero-order valence-corrected chi connectivity index (χ0v) is 10.4. The molecule has 0 radical (unpaired) electrons. The van der Waals surface area contributed by atoms with E-state index in [2.05, 4.69) is 17.6 Å². The van der Waals surface area contributed by atoms with Crippen molar-refractivity contribution in [3.8, 4) is 0 Å². The Kier molecular flexibility index (Phi) is 3.78. The fourth-order valence-electron chi connectivity index (χ4n) is 1.97. The summed E-state index contributed by atoms with van der Waals surface area (Å²) in [5, 5.41) is 7.30. The molecule has 2 nitrogen and oxygen atoms in total. The summed E-state index contributed by atoms with van der Waals surface area (Å²) in [6.45, 7) is 2.23. The van der Waals surface area contributed by atoms with Crippen LogP contribution in [0.1, 0.15) is 26.2 Å². The van der Waals surface area contributed by atoms with Crippen molar-refractivity contribution in [1.29, 1.82) is 0 Å². The summed E-state index contributed by atoms with van der Waals surface area (Å²) in [7, 11) is 0. The van der Waals surface area contributed by atoms with E-state index in [9.17, 15) is 0 Å². The molecule has 1 aromatic rings. The first-order valence-corrected chi connectivity index (χ1v) is 6.33. The third kappa shape index (κ3) is 3.20. The van der Waals surface area contributed by atoms with Gasteiger partial charge in [-0.1, -0.05) is 31.5 Å². The van der Waals surface area contributed by atoms with E-state index in [0.29, 0.717) is 6.04 Å². The molecule has 1 aromatic carbocycles. The van der Waals surface area contributed by atoms with Gasteiger partial charge in [0, 0.05) is 11.7 Å². The van der Waals surface area contributed by atoms with Gasteiger partial charge in [0.15, 0.2) is 5.11 Å². The maximum absolute atomic E-state index is 5.27. The summed E-state index contributed by atoms with van der Waals surface area (Å²) in [5.41, 5.74) is 1.05. The van der Waals surface area contributed by atoms with Crippen LogP contribution in [0.2, 0.25) is 0 Å². The first-order valence-electron chi connectivity index (χ1n) is 5.92. The van der Waals surface area contributed by atoms with Gasteiger partial charge in [-0.2, -0.15) is 0 Å². The predicted molar refractivity (Wildman–Crippen MR) is 72.6 cm³/mol. The van der Waals surface area contributed by atoms with Gasteiger partial charge >= 0.3 is 0 Å². The maximum atomic E-state index is 5.27. The van der Waals surface area contributed by atoms with Crippen LogP contribution in [-0.4, -0.2) is 11.2 Å². The lowest BCUT2D eigenvalue weighted by Crippen LogP contribution is -2.31. The molecule has 16 heavy (non-hydrogen) atoms. The number of benzene rings is 1. The van der Waals surface area contributed by atoms with Gasteiger partial charge in [0.05, 0.1) is 0 Å². The molecule has 1 aliphatic carbocycles. The maximum Gasteiger partial charge on any atom is 0.171 e. The van der Waals surface area contributed by atoms with Crippen molar-refractivity contribution in [3.63, 3.8) is 0 Å². The lowest BCUT2D eigenvalue weighted by Gasteiger charge is -2.09. The minimum atomic E-state index is 0.601. The summed E-state index contributed by atoms with van der Waals surface area (Å²) in [6.07, 6.45) is 3.85. The fourth-order valence-corrected chi connectivity index (χ4v) is 2.24. The van der Waals surface area contributed by atoms with E-state index in [0.717, 1.165) is 16.7 Å². The topological polar surface area (TPSA) is 24.1 Å². The Morgan fingerprint density at radius 2 is 2.12 bits per heavy atom. The van der Waals surface area contributed by atoms with Crippen LogP contribution < -0.4 is 10.6 Å². The van der Waals surface area contributed by atoms with Crippen LogP contribution >= 0.6 is 12.2 Å². The molecule has 1 fully saturated rings. The van der Waals surface area contributed by atoms with Crippen LogP contribution in [0.4, 0.5) is 5.69 Å². The summed E-state index contributed by atoms with van der Waals surface area (Å²) < 4.78 is 0. The molecule has 0 bridgehead atoms. The highest BCUT2D eigenvalue weighted by Crippen LogP contribution is 2.34. The number of hydrogen-bond donors (Lipinski definition) is 2. The molecule has 0 spiro atoms. The first kappa shape index (κ1) is 11.4. The predicted octanol–water partition coefficient (Wildman–Crippen LogP) is 3.16. The van der Waals surface area contributed by atoms with Gasteiger partial charge < -0.3 is 10.6 Å². The smallest absolute Gasteiger partial charge is 0.171 e. The molecule has 0 aromatic heterocycles. The lowest BCUT2D eigenvalue weighted by molar-refractivity contribution is 0.664. The number of rotatable bonds is 4. The number of hydrogen-bond acceptors (Lipinski definition) is 1. The summed E-state index contributed by atoms with van der Waals surface area (Å²) >= 11 is 5.27. The van der Waals surface area contributed by atoms with Gasteiger partial charge in [-0.15, -0.1) is 0 Å². The number of nitrogens with one attached hydrogen (secondary N) is 2. The third-order valence-corrected chi connectivity index (χ3v) is 3.15. The second-order valence-corrected chi connectivity index (χ2v) is 4.76. The third-order valence-electron chi connectivity index (χ3n) is 2.93. The van der Waals surface area contributed by atoms with Crippen LogP contribution in [0, 0.1) is 5.92 Å². The monoisotopic (exact) mass is 234 g/mol. The van der Waals surface area contributed by atoms with Gasteiger partial charge in [-0.25, -0.2) is 0 Å². The minimum absolute atomic E-state index is 0.601. The van der Waals surface area contributed by atoms with Crippen LogP contribution in [-0.2, 0) is 0 Å². The molecule has 0 heterocycles. The van der Waals surface area contributed by atoms with E-state index >= 15 is 0 Å². The van der Waals surface area contributed by atoms with Gasteiger partial charge in [-0.3, -0.25) is 0 Å². The molecule has 2 rings (SSSR count). The molecular formula is C13H18N2S. The highest BCUT2D eigenvalue weighted by molar-refractivity contribution is 7.80. The van der Waals surface area contributed by atoms with Crippen LogP contribution in [0.3, 0.4) is 0 Å². The number of para-hydroxylation sites is 1. The van der Waals surface area contributed by atoms with Crippen molar-refractivity contribution < 1.29 is 0 Å². The van der Waals surface area contributed by atoms with E-state index in [1.165, 1.54) is 19.3 Å². The molecule has 0 aliphatic heterocycles. The highest BCUT2D eigenvalue weighted by Gasteiger charge is 2.36. The Balaban J connectivity index is 1.74. The SMILES string of the molecule is CCCC1CC1NC(=S)Nc1ccccc1. The molecule has 86 valence electrons. The molecular weight excluding hydrogens is 216 g/mol. The molecule has 2 N–H and O–H groups in total. The van der Waals surface area contributed by atoms with E-state index in [4.69, 9.17) is 12.2 Å². The fraction of sp³-hybridized carbons (Fsp3) is 0.462. The Bertz CT molecular complexity index is 350. The molecule has 3 heteroatoms. The molecule has 1 saturated carbocycles. The average molecular weight is 234 g/mol. The normalized spacial score (nSPS) is 22.6.